The largest absolute Gasteiger partial charge is 0.309 e. The zero-order chi connectivity index (χ0) is 41.0. The monoisotopic (exact) mass is 805 g/mol. The van der Waals surface area contributed by atoms with Crippen LogP contribution in [0.15, 0.2) is 237 Å². The third-order valence-corrected chi connectivity index (χ3v) is 13.7. The maximum atomic E-state index is 2.41. The number of benzene rings is 10. The second-order valence-electron chi connectivity index (χ2n) is 16.1. The van der Waals surface area contributed by atoms with Gasteiger partial charge < -0.3 is 4.57 Å². The molecule has 10 aromatic carbocycles. The summed E-state index contributed by atoms with van der Waals surface area (Å²) in [6.45, 7) is 0. The SMILES string of the molecule is c1ccc(-c2ccc(-n3c4ccccc4c4cc(-c5cc(-c6cccc(-c7ccccc7)c6)cc(-c6cccc7c6sc6c(-c8ccccc8)cccc67)c5)ccc43)cc2)cc1. The lowest BCUT2D eigenvalue weighted by atomic mass is 9.91. The molecule has 12 aromatic rings. The van der Waals surface area contributed by atoms with Gasteiger partial charge in [-0.15, -0.1) is 11.3 Å². The highest BCUT2D eigenvalue weighted by molar-refractivity contribution is 7.26. The van der Waals surface area contributed by atoms with E-state index in [2.05, 4.69) is 241 Å². The summed E-state index contributed by atoms with van der Waals surface area (Å²) in [6, 6.07) is 86.6. The summed E-state index contributed by atoms with van der Waals surface area (Å²) in [6.07, 6.45) is 0. The number of para-hydroxylation sites is 1. The van der Waals surface area contributed by atoms with Gasteiger partial charge in [0.15, 0.2) is 0 Å². The van der Waals surface area contributed by atoms with Crippen molar-refractivity contribution in [3.05, 3.63) is 237 Å². The van der Waals surface area contributed by atoms with Gasteiger partial charge in [-0.05, 0) is 121 Å². The Morgan fingerprint density at radius 1 is 0.242 bits per heavy atom. The second-order valence-corrected chi connectivity index (χ2v) is 17.1. The molecular formula is C60H39NS. The summed E-state index contributed by atoms with van der Waals surface area (Å²) < 4.78 is 5.04. The lowest BCUT2D eigenvalue weighted by Gasteiger charge is -2.14. The van der Waals surface area contributed by atoms with Gasteiger partial charge in [0.1, 0.15) is 0 Å². The first-order chi connectivity index (χ1) is 30.7. The molecule has 0 fully saturated rings. The van der Waals surface area contributed by atoms with E-state index in [9.17, 15) is 0 Å². The van der Waals surface area contributed by atoms with Crippen LogP contribution in [0.3, 0.4) is 0 Å². The molecule has 0 N–H and O–H groups in total. The lowest BCUT2D eigenvalue weighted by Crippen LogP contribution is -1.93. The van der Waals surface area contributed by atoms with Gasteiger partial charge in [0, 0.05) is 36.6 Å². The quantitative estimate of drug-likeness (QED) is 0.151. The van der Waals surface area contributed by atoms with E-state index >= 15 is 0 Å². The molecule has 290 valence electrons. The Morgan fingerprint density at radius 3 is 1.32 bits per heavy atom. The molecule has 1 nitrogen and oxygen atoms in total. The van der Waals surface area contributed by atoms with Gasteiger partial charge in [0.05, 0.1) is 11.0 Å². The van der Waals surface area contributed by atoms with Crippen molar-refractivity contribution in [2.45, 2.75) is 0 Å². The van der Waals surface area contributed by atoms with Crippen LogP contribution in [-0.2, 0) is 0 Å². The van der Waals surface area contributed by atoms with Gasteiger partial charge in [-0.1, -0.05) is 182 Å². The predicted molar refractivity (Wildman–Crippen MR) is 266 cm³/mol. The third kappa shape index (κ3) is 6.24. The lowest BCUT2D eigenvalue weighted by molar-refractivity contribution is 1.18. The number of hydrogen-bond acceptors (Lipinski definition) is 1. The van der Waals surface area contributed by atoms with E-state index in [1.54, 1.807) is 0 Å². The van der Waals surface area contributed by atoms with Gasteiger partial charge in [-0.25, -0.2) is 0 Å². The van der Waals surface area contributed by atoms with E-state index in [-0.39, 0.29) is 0 Å². The molecule has 0 saturated carbocycles. The first kappa shape index (κ1) is 36.1. The number of hydrogen-bond donors (Lipinski definition) is 0. The minimum atomic E-state index is 1.15. The second kappa shape index (κ2) is 15.0. The van der Waals surface area contributed by atoms with Crippen LogP contribution in [0.4, 0.5) is 0 Å². The molecule has 0 spiro atoms. The summed E-state index contributed by atoms with van der Waals surface area (Å²) in [7, 11) is 0. The fraction of sp³-hybridized carbons (Fsp3) is 0. The van der Waals surface area contributed by atoms with Crippen LogP contribution in [0.2, 0.25) is 0 Å². The van der Waals surface area contributed by atoms with Crippen LogP contribution >= 0.6 is 11.3 Å². The normalized spacial score (nSPS) is 11.5. The number of nitrogens with zero attached hydrogens (tertiary/aromatic N) is 1. The molecule has 0 unspecified atom stereocenters. The van der Waals surface area contributed by atoms with Gasteiger partial charge in [0.2, 0.25) is 0 Å². The summed E-state index contributed by atoms with van der Waals surface area (Å²) in [5.74, 6) is 0. The van der Waals surface area contributed by atoms with Gasteiger partial charge >= 0.3 is 0 Å². The first-order valence-corrected chi connectivity index (χ1v) is 22.1. The molecule has 0 bridgehead atoms. The summed E-state index contributed by atoms with van der Waals surface area (Å²) in [4.78, 5) is 0. The zero-order valence-electron chi connectivity index (χ0n) is 33.9. The maximum Gasteiger partial charge on any atom is 0.0541 e. The molecule has 0 amide bonds. The van der Waals surface area contributed by atoms with Crippen molar-refractivity contribution in [1.29, 1.82) is 0 Å². The molecular weight excluding hydrogens is 767 g/mol. The Bertz CT molecular complexity index is 3600. The van der Waals surface area contributed by atoms with E-state index in [0.29, 0.717) is 0 Å². The number of fused-ring (bicyclic) bond motifs is 6. The highest BCUT2D eigenvalue weighted by atomic mass is 32.1. The minimum Gasteiger partial charge on any atom is -0.309 e. The maximum absolute atomic E-state index is 2.41. The molecule has 2 heterocycles. The molecule has 0 aliphatic carbocycles. The predicted octanol–water partition coefficient (Wildman–Crippen LogP) is 17.2. The van der Waals surface area contributed by atoms with Gasteiger partial charge in [-0.2, -0.15) is 0 Å². The standard InChI is InChI=1S/C60H39NS/c1-4-15-40(16-5-1)42-29-32-50(33-30-42)61-57-28-11-10-23-53(57)56-39-46(31-34-58(56)61)48-36-47(45-22-12-21-44(35-45)41-17-6-2-7-18-41)37-49(38-48)52-25-14-27-55-54-26-13-24-51(59(54)62-60(52)55)43-19-8-3-9-20-43/h1-39H. The minimum absolute atomic E-state index is 1.15. The summed E-state index contributed by atoms with van der Waals surface area (Å²) >= 11 is 1.91. The molecule has 0 aliphatic rings. The van der Waals surface area contributed by atoms with Crippen LogP contribution in [0.25, 0.3) is 114 Å². The van der Waals surface area contributed by atoms with Crippen LogP contribution in [-0.4, -0.2) is 4.57 Å². The van der Waals surface area contributed by atoms with E-state index in [0.717, 1.165) is 5.69 Å². The molecule has 2 heteroatoms. The van der Waals surface area contributed by atoms with Crippen molar-refractivity contribution in [2.24, 2.45) is 0 Å². The molecule has 62 heavy (non-hydrogen) atoms. The fourth-order valence-corrected chi connectivity index (χ4v) is 10.8. The molecule has 0 aliphatic heterocycles. The number of rotatable bonds is 7. The Kier molecular flexibility index (Phi) is 8.76. The van der Waals surface area contributed by atoms with E-state index in [4.69, 9.17) is 0 Å². The van der Waals surface area contributed by atoms with Crippen molar-refractivity contribution in [1.82, 2.24) is 4.57 Å². The molecule has 0 radical (unpaired) electrons. The van der Waals surface area contributed by atoms with Crippen molar-refractivity contribution >= 4 is 53.3 Å². The highest BCUT2D eigenvalue weighted by Gasteiger charge is 2.18. The average molecular weight is 806 g/mol. The number of aromatic nitrogens is 1. The molecule has 12 rings (SSSR count). The smallest absolute Gasteiger partial charge is 0.0541 e. The molecule has 0 saturated heterocycles. The van der Waals surface area contributed by atoms with Crippen LogP contribution in [0, 0.1) is 0 Å². The van der Waals surface area contributed by atoms with E-state index in [1.165, 1.54) is 109 Å². The average Bonchev–Trinajstić information content (AvgIpc) is 3.91. The summed E-state index contributed by atoms with van der Waals surface area (Å²) in [5.41, 5.74) is 18.2. The summed E-state index contributed by atoms with van der Waals surface area (Å²) in [5, 5.41) is 5.08. The Hall–Kier alpha value is -7.78. The topological polar surface area (TPSA) is 4.93 Å². The van der Waals surface area contributed by atoms with Gasteiger partial charge in [-0.3, -0.25) is 0 Å². The van der Waals surface area contributed by atoms with Crippen molar-refractivity contribution in [2.75, 3.05) is 0 Å². The van der Waals surface area contributed by atoms with E-state index < -0.39 is 0 Å². The zero-order valence-corrected chi connectivity index (χ0v) is 34.7. The van der Waals surface area contributed by atoms with Crippen LogP contribution in [0.1, 0.15) is 0 Å². The third-order valence-electron chi connectivity index (χ3n) is 12.4. The van der Waals surface area contributed by atoms with E-state index in [1.807, 2.05) is 11.3 Å². The molecule has 2 aromatic heterocycles. The van der Waals surface area contributed by atoms with Crippen molar-refractivity contribution in [3.8, 4) is 72.4 Å². The van der Waals surface area contributed by atoms with Crippen LogP contribution < -0.4 is 0 Å². The van der Waals surface area contributed by atoms with Crippen LogP contribution in [0.5, 0.6) is 0 Å². The Balaban J connectivity index is 1.05. The van der Waals surface area contributed by atoms with Crippen molar-refractivity contribution < 1.29 is 0 Å². The van der Waals surface area contributed by atoms with Crippen molar-refractivity contribution in [3.63, 3.8) is 0 Å². The molecule has 0 atom stereocenters. The Labute approximate surface area is 365 Å². The Morgan fingerprint density at radius 2 is 0.661 bits per heavy atom. The fourth-order valence-electron chi connectivity index (χ4n) is 9.38. The van der Waals surface area contributed by atoms with Gasteiger partial charge in [0.25, 0.3) is 0 Å². The first-order valence-electron chi connectivity index (χ1n) is 21.2. The number of thiophene rings is 1. The highest BCUT2D eigenvalue weighted by Crippen LogP contribution is 2.45.